The Morgan fingerprint density at radius 1 is 1.53 bits per heavy atom. The number of rotatable bonds is 3. The number of ether oxygens (including phenoxy) is 2. The molecule has 82 valence electrons. The molecule has 0 fully saturated rings. The van der Waals surface area contributed by atoms with E-state index in [1.54, 1.807) is 7.11 Å². The fourth-order valence-electron chi connectivity index (χ4n) is 1.71. The molecule has 0 amide bonds. The summed E-state index contributed by atoms with van der Waals surface area (Å²) in [4.78, 5) is 2.10. The van der Waals surface area contributed by atoms with E-state index in [2.05, 4.69) is 4.90 Å². The van der Waals surface area contributed by atoms with E-state index in [4.69, 9.17) is 14.6 Å². The third-order valence-electron chi connectivity index (χ3n) is 2.45. The molecule has 1 aliphatic rings. The van der Waals surface area contributed by atoms with E-state index in [9.17, 15) is 0 Å². The molecule has 0 spiro atoms. The number of anilines is 1. The standard InChI is InChI=1S/C11H15NO3/c1-14-8-12-4-5-15-11-3-2-9(7-13)6-10(11)12/h2-3,6,13H,4-5,7-8H2,1H3. The van der Waals surface area contributed by atoms with Gasteiger partial charge in [-0.2, -0.15) is 0 Å². The number of hydrogen-bond acceptors (Lipinski definition) is 4. The fraction of sp³-hybridized carbons (Fsp3) is 0.455. The van der Waals surface area contributed by atoms with Crippen molar-refractivity contribution < 1.29 is 14.6 Å². The normalized spacial score (nSPS) is 14.7. The van der Waals surface area contributed by atoms with Crippen LogP contribution in [-0.2, 0) is 11.3 Å². The van der Waals surface area contributed by atoms with Crippen molar-refractivity contribution in [2.75, 3.05) is 31.9 Å². The zero-order valence-electron chi connectivity index (χ0n) is 8.77. The minimum atomic E-state index is 0.0497. The summed E-state index contributed by atoms with van der Waals surface area (Å²) >= 11 is 0. The van der Waals surface area contributed by atoms with Gasteiger partial charge in [-0.05, 0) is 17.7 Å². The van der Waals surface area contributed by atoms with Crippen molar-refractivity contribution in [3.63, 3.8) is 0 Å². The first kappa shape index (κ1) is 10.3. The van der Waals surface area contributed by atoms with Crippen LogP contribution in [0.4, 0.5) is 5.69 Å². The van der Waals surface area contributed by atoms with Crippen molar-refractivity contribution in [2.24, 2.45) is 0 Å². The molecule has 2 rings (SSSR count). The van der Waals surface area contributed by atoms with Crippen LogP contribution in [0.5, 0.6) is 5.75 Å². The van der Waals surface area contributed by atoms with Crippen LogP contribution in [0.25, 0.3) is 0 Å². The van der Waals surface area contributed by atoms with E-state index < -0.39 is 0 Å². The van der Waals surface area contributed by atoms with Gasteiger partial charge in [-0.15, -0.1) is 0 Å². The van der Waals surface area contributed by atoms with E-state index >= 15 is 0 Å². The van der Waals surface area contributed by atoms with Crippen molar-refractivity contribution in [1.82, 2.24) is 0 Å². The number of benzene rings is 1. The number of methoxy groups -OCH3 is 1. The van der Waals surface area contributed by atoms with Crippen LogP contribution in [0.3, 0.4) is 0 Å². The number of aliphatic hydroxyl groups excluding tert-OH is 1. The quantitative estimate of drug-likeness (QED) is 0.805. The van der Waals surface area contributed by atoms with Gasteiger partial charge in [0.2, 0.25) is 0 Å². The Morgan fingerprint density at radius 3 is 3.13 bits per heavy atom. The van der Waals surface area contributed by atoms with Crippen molar-refractivity contribution >= 4 is 5.69 Å². The van der Waals surface area contributed by atoms with Gasteiger partial charge in [0.1, 0.15) is 19.1 Å². The van der Waals surface area contributed by atoms with E-state index in [-0.39, 0.29) is 6.61 Å². The second-order valence-corrected chi connectivity index (χ2v) is 3.49. The molecule has 0 atom stereocenters. The summed E-state index contributed by atoms with van der Waals surface area (Å²) in [6.07, 6.45) is 0. The van der Waals surface area contributed by atoms with Gasteiger partial charge in [0.25, 0.3) is 0 Å². The minimum Gasteiger partial charge on any atom is -0.490 e. The van der Waals surface area contributed by atoms with Gasteiger partial charge in [-0.3, -0.25) is 0 Å². The molecular weight excluding hydrogens is 194 g/mol. The van der Waals surface area contributed by atoms with Crippen molar-refractivity contribution in [3.05, 3.63) is 23.8 Å². The highest BCUT2D eigenvalue weighted by Gasteiger charge is 2.17. The first-order valence-corrected chi connectivity index (χ1v) is 4.95. The Balaban J connectivity index is 2.30. The molecule has 0 aromatic heterocycles. The molecule has 0 saturated heterocycles. The van der Waals surface area contributed by atoms with Crippen LogP contribution in [0, 0.1) is 0 Å². The molecule has 0 radical (unpaired) electrons. The lowest BCUT2D eigenvalue weighted by atomic mass is 10.1. The predicted molar refractivity (Wildman–Crippen MR) is 57.1 cm³/mol. The van der Waals surface area contributed by atoms with Gasteiger partial charge in [0.05, 0.1) is 18.8 Å². The van der Waals surface area contributed by atoms with Gasteiger partial charge < -0.3 is 19.5 Å². The maximum Gasteiger partial charge on any atom is 0.142 e. The molecule has 1 N–H and O–H groups in total. The van der Waals surface area contributed by atoms with E-state index in [1.807, 2.05) is 18.2 Å². The van der Waals surface area contributed by atoms with E-state index in [1.165, 1.54) is 0 Å². The second-order valence-electron chi connectivity index (χ2n) is 3.49. The first-order valence-electron chi connectivity index (χ1n) is 4.95. The van der Waals surface area contributed by atoms with Gasteiger partial charge in [-0.1, -0.05) is 6.07 Å². The molecule has 4 heteroatoms. The smallest absolute Gasteiger partial charge is 0.142 e. The molecular formula is C11H15NO3. The maximum atomic E-state index is 9.06. The Labute approximate surface area is 89.0 Å². The highest BCUT2D eigenvalue weighted by atomic mass is 16.5. The second kappa shape index (κ2) is 4.51. The van der Waals surface area contributed by atoms with Crippen LogP contribution in [0.1, 0.15) is 5.56 Å². The first-order chi connectivity index (χ1) is 7.35. The van der Waals surface area contributed by atoms with Crippen molar-refractivity contribution in [3.8, 4) is 5.75 Å². The Morgan fingerprint density at radius 2 is 2.40 bits per heavy atom. The molecule has 1 aromatic rings. The Bertz CT molecular complexity index is 341. The van der Waals surface area contributed by atoms with Gasteiger partial charge >= 0.3 is 0 Å². The molecule has 0 aliphatic carbocycles. The third kappa shape index (κ3) is 2.06. The fourth-order valence-corrected chi connectivity index (χ4v) is 1.71. The Kier molecular flexibility index (Phi) is 3.08. The largest absolute Gasteiger partial charge is 0.490 e. The van der Waals surface area contributed by atoms with Crippen LogP contribution < -0.4 is 9.64 Å². The molecule has 15 heavy (non-hydrogen) atoms. The third-order valence-corrected chi connectivity index (χ3v) is 2.45. The predicted octanol–water partition coefficient (Wildman–Crippen LogP) is 0.982. The highest BCUT2D eigenvalue weighted by Crippen LogP contribution is 2.32. The number of hydrogen-bond donors (Lipinski definition) is 1. The summed E-state index contributed by atoms with van der Waals surface area (Å²) in [5, 5.41) is 9.06. The molecule has 0 unspecified atom stereocenters. The Hall–Kier alpha value is -1.26. The topological polar surface area (TPSA) is 41.9 Å². The average Bonchev–Trinajstić information content (AvgIpc) is 2.29. The van der Waals surface area contributed by atoms with Crippen LogP contribution in [0.15, 0.2) is 18.2 Å². The van der Waals surface area contributed by atoms with Gasteiger partial charge in [-0.25, -0.2) is 0 Å². The summed E-state index contributed by atoms with van der Waals surface area (Å²) in [5.41, 5.74) is 1.88. The van der Waals surface area contributed by atoms with Gasteiger partial charge in [0.15, 0.2) is 0 Å². The van der Waals surface area contributed by atoms with E-state index in [0.29, 0.717) is 13.3 Å². The lowest BCUT2D eigenvalue weighted by Crippen LogP contribution is -2.34. The van der Waals surface area contributed by atoms with Crippen molar-refractivity contribution in [1.29, 1.82) is 0 Å². The zero-order valence-corrected chi connectivity index (χ0v) is 8.77. The van der Waals surface area contributed by atoms with Crippen LogP contribution in [-0.4, -0.2) is 32.1 Å². The maximum absolute atomic E-state index is 9.06. The summed E-state index contributed by atoms with van der Waals surface area (Å²) in [6, 6.07) is 5.70. The number of fused-ring (bicyclic) bond motifs is 1. The lowest BCUT2D eigenvalue weighted by Gasteiger charge is -2.30. The summed E-state index contributed by atoms with van der Waals surface area (Å²) in [5.74, 6) is 0.857. The summed E-state index contributed by atoms with van der Waals surface area (Å²) in [6.45, 7) is 2.09. The molecule has 1 aliphatic heterocycles. The molecule has 0 bridgehead atoms. The van der Waals surface area contributed by atoms with Crippen LogP contribution >= 0.6 is 0 Å². The molecule has 0 saturated carbocycles. The lowest BCUT2D eigenvalue weighted by molar-refractivity contribution is 0.184. The monoisotopic (exact) mass is 209 g/mol. The molecule has 1 aromatic carbocycles. The van der Waals surface area contributed by atoms with Crippen LogP contribution in [0.2, 0.25) is 0 Å². The van der Waals surface area contributed by atoms with Crippen molar-refractivity contribution in [2.45, 2.75) is 6.61 Å². The van der Waals surface area contributed by atoms with E-state index in [0.717, 1.165) is 23.5 Å². The highest BCUT2D eigenvalue weighted by molar-refractivity contribution is 5.61. The number of nitrogens with zero attached hydrogens (tertiary/aromatic N) is 1. The summed E-state index contributed by atoms with van der Waals surface area (Å²) in [7, 11) is 1.67. The minimum absolute atomic E-state index is 0.0497. The summed E-state index contributed by atoms with van der Waals surface area (Å²) < 4.78 is 10.6. The van der Waals surface area contributed by atoms with Gasteiger partial charge in [0, 0.05) is 7.11 Å². The zero-order chi connectivity index (χ0) is 10.7. The number of aliphatic hydroxyl groups is 1. The SMILES string of the molecule is COCN1CCOc2ccc(CO)cc21. The molecule has 4 nitrogen and oxygen atoms in total. The molecule has 1 heterocycles. The average molecular weight is 209 g/mol.